The van der Waals surface area contributed by atoms with Gasteiger partial charge in [0.2, 0.25) is 5.91 Å². The number of methoxy groups -OCH3 is 1. The number of carbonyl (C=O) groups excluding carboxylic acids is 1. The summed E-state index contributed by atoms with van der Waals surface area (Å²) in [5, 5.41) is 11.5. The molecule has 2 N–H and O–H groups in total. The van der Waals surface area contributed by atoms with Crippen LogP contribution in [0.1, 0.15) is 104 Å². The second-order valence-electron chi connectivity index (χ2n) is 13.4. The molecule has 274 valence electrons. The summed E-state index contributed by atoms with van der Waals surface area (Å²) >= 11 is 0. The molecule has 0 spiro atoms. The van der Waals surface area contributed by atoms with Gasteiger partial charge in [0.25, 0.3) is 5.78 Å². The van der Waals surface area contributed by atoms with Crippen molar-refractivity contribution in [1.29, 1.82) is 0 Å². The van der Waals surface area contributed by atoms with Gasteiger partial charge in [-0.25, -0.2) is 9.50 Å². The summed E-state index contributed by atoms with van der Waals surface area (Å²) in [6.45, 7) is 20.1. The summed E-state index contributed by atoms with van der Waals surface area (Å²) in [6.07, 6.45) is 12.6. The van der Waals surface area contributed by atoms with Gasteiger partial charge in [-0.3, -0.25) is 9.69 Å². The Hall–Kier alpha value is -2.60. The summed E-state index contributed by atoms with van der Waals surface area (Å²) in [4.78, 5) is 29.4. The van der Waals surface area contributed by atoms with Crippen molar-refractivity contribution >= 4 is 17.5 Å². The molecule has 2 aliphatic rings. The lowest BCUT2D eigenvalue weighted by Gasteiger charge is -2.36. The Morgan fingerprint density at radius 2 is 1.90 bits per heavy atom. The van der Waals surface area contributed by atoms with E-state index in [0.717, 1.165) is 101 Å². The SMILES string of the molecule is CC.CC/C(C)=C/CN(C)C.CCC(C)CCCC(NC)c1cn2nc(CC3CCCNC3=O)c(N3CCN(CCOC)CC3)nc2n1. The van der Waals surface area contributed by atoms with Crippen molar-refractivity contribution in [2.75, 3.05) is 85.6 Å². The largest absolute Gasteiger partial charge is 0.383 e. The number of allylic oxidation sites excluding steroid dienone is 1. The summed E-state index contributed by atoms with van der Waals surface area (Å²) in [7, 11) is 7.91. The molecule has 2 aromatic rings. The lowest BCUT2D eigenvalue weighted by atomic mass is 9.93. The maximum atomic E-state index is 12.6. The van der Waals surface area contributed by atoms with E-state index in [-0.39, 0.29) is 17.9 Å². The van der Waals surface area contributed by atoms with Gasteiger partial charge in [-0.05, 0) is 59.7 Å². The number of ether oxygens (including phenoxy) is 1. The van der Waals surface area contributed by atoms with Crippen LogP contribution in [0.4, 0.5) is 5.82 Å². The minimum atomic E-state index is -0.0594. The van der Waals surface area contributed by atoms with Crippen molar-refractivity contribution in [1.82, 2.24) is 40.0 Å². The zero-order valence-electron chi connectivity index (χ0n) is 32.1. The number of fused-ring (bicyclic) bond motifs is 1. The van der Waals surface area contributed by atoms with E-state index < -0.39 is 0 Å². The van der Waals surface area contributed by atoms with E-state index in [9.17, 15) is 4.79 Å². The minimum Gasteiger partial charge on any atom is -0.383 e. The van der Waals surface area contributed by atoms with Gasteiger partial charge in [0.15, 0.2) is 5.82 Å². The minimum absolute atomic E-state index is 0.0594. The summed E-state index contributed by atoms with van der Waals surface area (Å²) in [6, 6.07) is 0.174. The predicted octanol–water partition coefficient (Wildman–Crippen LogP) is 5.37. The number of amides is 1. The fourth-order valence-electron chi connectivity index (χ4n) is 5.88. The number of piperazine rings is 1. The Labute approximate surface area is 292 Å². The molecule has 11 heteroatoms. The van der Waals surface area contributed by atoms with Crippen molar-refractivity contribution in [2.24, 2.45) is 11.8 Å². The molecule has 11 nitrogen and oxygen atoms in total. The number of nitrogens with zero attached hydrogens (tertiary/aromatic N) is 7. The van der Waals surface area contributed by atoms with Crippen LogP contribution in [-0.4, -0.2) is 116 Å². The Kier molecular flexibility index (Phi) is 19.9. The number of hydrogen-bond donors (Lipinski definition) is 2. The smallest absolute Gasteiger partial charge is 0.252 e. The molecule has 2 aromatic heterocycles. The van der Waals surface area contributed by atoms with Crippen molar-refractivity contribution in [2.45, 2.75) is 99.0 Å². The molecule has 0 saturated carbocycles. The standard InChI is InChI=1S/C27H46N8O2.C8H17N.C2H6/c1-5-20(2)8-6-10-22(28-3)24-19-35-27(30-24)31-25(34-14-12-33(13-15-34)16-17-37-4)23(32-35)18-21-9-7-11-29-26(21)36;1-5-8(2)6-7-9(3)4;1-2/h19-22,28H,5-18H2,1-4H3,(H,29,36);6H,5,7H2,1-4H3;1-2H3/b;8-6+;. The zero-order chi connectivity index (χ0) is 35.5. The van der Waals surface area contributed by atoms with E-state index in [1.807, 2.05) is 31.6 Å². The van der Waals surface area contributed by atoms with Gasteiger partial charge in [-0.15, -0.1) is 0 Å². The van der Waals surface area contributed by atoms with E-state index in [2.05, 4.69) is 73.2 Å². The maximum Gasteiger partial charge on any atom is 0.252 e. The third-order valence-corrected chi connectivity index (χ3v) is 9.46. The molecule has 3 unspecified atom stereocenters. The highest BCUT2D eigenvalue weighted by atomic mass is 16.5. The fourth-order valence-corrected chi connectivity index (χ4v) is 5.88. The van der Waals surface area contributed by atoms with Gasteiger partial charge in [0.05, 0.1) is 24.5 Å². The number of likely N-dealkylation sites (N-methyl/N-ethyl adjacent to an activating group) is 1. The first-order chi connectivity index (χ1) is 23.2. The van der Waals surface area contributed by atoms with Crippen LogP contribution in [0.15, 0.2) is 17.8 Å². The average Bonchev–Trinajstić information content (AvgIpc) is 3.52. The molecule has 2 aliphatic heterocycles. The lowest BCUT2D eigenvalue weighted by molar-refractivity contribution is -0.126. The summed E-state index contributed by atoms with van der Waals surface area (Å²) in [5.74, 6) is 2.33. The monoisotopic (exact) mass is 672 g/mol. The highest BCUT2D eigenvalue weighted by molar-refractivity contribution is 5.79. The molecule has 0 aromatic carbocycles. The Morgan fingerprint density at radius 3 is 2.50 bits per heavy atom. The number of aromatic nitrogens is 4. The van der Waals surface area contributed by atoms with Crippen molar-refractivity contribution < 1.29 is 9.53 Å². The molecular formula is C37H69N9O2. The summed E-state index contributed by atoms with van der Waals surface area (Å²) < 4.78 is 7.08. The normalized spacial score (nSPS) is 18.6. The topological polar surface area (TPSA) is 103 Å². The van der Waals surface area contributed by atoms with E-state index >= 15 is 0 Å². The first-order valence-corrected chi connectivity index (χ1v) is 18.7. The number of anilines is 1. The molecule has 0 bridgehead atoms. The van der Waals surface area contributed by atoms with Gasteiger partial charge >= 0.3 is 0 Å². The van der Waals surface area contributed by atoms with Gasteiger partial charge in [-0.1, -0.05) is 65.5 Å². The molecular weight excluding hydrogens is 602 g/mol. The molecule has 2 saturated heterocycles. The fraction of sp³-hybridized carbons (Fsp3) is 0.784. The van der Waals surface area contributed by atoms with E-state index in [1.54, 1.807) is 7.11 Å². The van der Waals surface area contributed by atoms with Crippen LogP contribution in [0.2, 0.25) is 0 Å². The Bertz CT molecular complexity index is 1210. The van der Waals surface area contributed by atoms with Gasteiger partial charge in [0.1, 0.15) is 5.69 Å². The number of rotatable bonds is 16. The number of hydrogen-bond acceptors (Lipinski definition) is 9. The van der Waals surface area contributed by atoms with Crippen molar-refractivity contribution in [3.63, 3.8) is 0 Å². The Morgan fingerprint density at radius 1 is 1.17 bits per heavy atom. The third-order valence-electron chi connectivity index (χ3n) is 9.46. The highest BCUT2D eigenvalue weighted by Crippen LogP contribution is 2.26. The van der Waals surface area contributed by atoms with Crippen LogP contribution in [-0.2, 0) is 16.0 Å². The average molecular weight is 672 g/mol. The maximum absolute atomic E-state index is 12.6. The molecule has 1 amide bonds. The molecule has 48 heavy (non-hydrogen) atoms. The van der Waals surface area contributed by atoms with Gasteiger partial charge in [0, 0.05) is 65.3 Å². The van der Waals surface area contributed by atoms with E-state index in [1.165, 1.54) is 24.8 Å². The molecule has 2 fully saturated rings. The molecule has 0 aliphatic carbocycles. The quantitative estimate of drug-likeness (QED) is 0.228. The number of piperidine rings is 1. The molecule has 3 atom stereocenters. The van der Waals surface area contributed by atoms with Crippen molar-refractivity contribution in [3.8, 4) is 0 Å². The van der Waals surface area contributed by atoms with Crippen LogP contribution in [0, 0.1) is 11.8 Å². The van der Waals surface area contributed by atoms with Crippen LogP contribution in [0.5, 0.6) is 0 Å². The van der Waals surface area contributed by atoms with Crippen molar-refractivity contribution in [3.05, 3.63) is 29.2 Å². The first kappa shape index (κ1) is 41.6. The lowest BCUT2D eigenvalue weighted by Crippen LogP contribution is -2.48. The molecule has 4 rings (SSSR count). The first-order valence-electron chi connectivity index (χ1n) is 18.7. The molecule has 0 radical (unpaired) electrons. The second-order valence-corrected chi connectivity index (χ2v) is 13.4. The van der Waals surface area contributed by atoms with Crippen LogP contribution in [0.3, 0.4) is 0 Å². The molecule has 4 heterocycles. The number of nitrogens with one attached hydrogen (secondary N) is 2. The van der Waals surface area contributed by atoms with E-state index in [0.29, 0.717) is 12.2 Å². The van der Waals surface area contributed by atoms with Crippen LogP contribution < -0.4 is 15.5 Å². The van der Waals surface area contributed by atoms with Crippen LogP contribution >= 0.6 is 0 Å². The predicted molar refractivity (Wildman–Crippen MR) is 200 cm³/mol. The van der Waals surface area contributed by atoms with Gasteiger partial charge in [-0.2, -0.15) is 10.1 Å². The second kappa shape index (κ2) is 22.9. The number of imidazole rings is 1. The zero-order valence-corrected chi connectivity index (χ0v) is 32.1. The van der Waals surface area contributed by atoms with Crippen LogP contribution in [0.25, 0.3) is 5.78 Å². The number of carbonyl (C=O) groups is 1. The Balaban J connectivity index is 0.000000631. The summed E-state index contributed by atoms with van der Waals surface area (Å²) in [5.41, 5.74) is 3.35. The van der Waals surface area contributed by atoms with Gasteiger partial charge < -0.3 is 25.2 Å². The highest BCUT2D eigenvalue weighted by Gasteiger charge is 2.28. The van der Waals surface area contributed by atoms with E-state index in [4.69, 9.17) is 19.8 Å². The third kappa shape index (κ3) is 13.7.